The molecule has 1 aliphatic heterocycles. The average molecular weight is 220 g/mol. The van der Waals surface area contributed by atoms with E-state index in [4.69, 9.17) is 9.47 Å². The zero-order chi connectivity index (χ0) is 11.5. The van der Waals surface area contributed by atoms with E-state index in [9.17, 15) is 0 Å². The second-order valence-corrected chi connectivity index (χ2v) is 4.90. The van der Waals surface area contributed by atoms with Gasteiger partial charge in [0.15, 0.2) is 6.29 Å². The van der Waals surface area contributed by atoms with Crippen molar-refractivity contribution in [3.8, 4) is 0 Å². The summed E-state index contributed by atoms with van der Waals surface area (Å²) >= 11 is 0. The van der Waals surface area contributed by atoms with Crippen LogP contribution in [0.2, 0.25) is 0 Å². The molecule has 0 unspecified atom stereocenters. The van der Waals surface area contributed by atoms with Crippen molar-refractivity contribution in [2.24, 2.45) is 11.8 Å². The van der Waals surface area contributed by atoms with Gasteiger partial charge in [0.25, 0.3) is 0 Å². The molecule has 2 rings (SSSR count). The summed E-state index contributed by atoms with van der Waals surface area (Å²) in [5.41, 5.74) is 1.11. The van der Waals surface area contributed by atoms with E-state index in [0.717, 1.165) is 12.2 Å². The van der Waals surface area contributed by atoms with Gasteiger partial charge in [-0.2, -0.15) is 0 Å². The highest BCUT2D eigenvalue weighted by molar-refractivity contribution is 5.16. The first-order chi connectivity index (χ1) is 7.68. The molecular formula is C14H20O2. The van der Waals surface area contributed by atoms with Gasteiger partial charge in [0, 0.05) is 11.5 Å². The standard InChI is InChI=1S/C14H20O2/c1-10(2)13-11(3)9-15-14(16-13)12-7-5-4-6-8-12/h4-8,10-11,13-14H,9H2,1-3H3/t11-,13+,14-/m1/s1. The zero-order valence-electron chi connectivity index (χ0n) is 10.2. The number of benzene rings is 1. The van der Waals surface area contributed by atoms with Crippen LogP contribution >= 0.6 is 0 Å². The molecule has 16 heavy (non-hydrogen) atoms. The molecule has 0 amide bonds. The molecule has 1 aromatic rings. The lowest BCUT2D eigenvalue weighted by Gasteiger charge is -2.37. The molecule has 1 saturated heterocycles. The van der Waals surface area contributed by atoms with E-state index in [1.165, 1.54) is 0 Å². The Hall–Kier alpha value is -0.860. The van der Waals surface area contributed by atoms with Crippen molar-refractivity contribution in [2.75, 3.05) is 6.61 Å². The average Bonchev–Trinajstić information content (AvgIpc) is 2.30. The lowest BCUT2D eigenvalue weighted by Crippen LogP contribution is -2.37. The normalized spacial score (nSPS) is 30.6. The predicted octanol–water partition coefficient (Wildman–Crippen LogP) is 3.39. The van der Waals surface area contributed by atoms with E-state index in [1.54, 1.807) is 0 Å². The van der Waals surface area contributed by atoms with Gasteiger partial charge in [-0.3, -0.25) is 0 Å². The summed E-state index contributed by atoms with van der Waals surface area (Å²) in [6.45, 7) is 7.37. The summed E-state index contributed by atoms with van der Waals surface area (Å²) in [4.78, 5) is 0. The Labute approximate surface area is 97.6 Å². The maximum atomic E-state index is 6.02. The van der Waals surface area contributed by atoms with Crippen LogP contribution in [-0.2, 0) is 9.47 Å². The summed E-state index contributed by atoms with van der Waals surface area (Å²) in [6, 6.07) is 10.2. The van der Waals surface area contributed by atoms with Gasteiger partial charge in [0.2, 0.25) is 0 Å². The van der Waals surface area contributed by atoms with Gasteiger partial charge in [-0.25, -0.2) is 0 Å². The molecule has 0 saturated carbocycles. The van der Waals surface area contributed by atoms with Crippen LogP contribution in [0, 0.1) is 11.8 Å². The topological polar surface area (TPSA) is 18.5 Å². The Kier molecular flexibility index (Phi) is 3.62. The van der Waals surface area contributed by atoms with Gasteiger partial charge in [0.1, 0.15) is 0 Å². The summed E-state index contributed by atoms with van der Waals surface area (Å²) in [6.07, 6.45) is 0.101. The Morgan fingerprint density at radius 3 is 2.50 bits per heavy atom. The van der Waals surface area contributed by atoms with E-state index in [0.29, 0.717) is 17.9 Å². The van der Waals surface area contributed by atoms with Gasteiger partial charge in [0.05, 0.1) is 12.7 Å². The van der Waals surface area contributed by atoms with Crippen LogP contribution in [0.1, 0.15) is 32.6 Å². The number of hydrogen-bond acceptors (Lipinski definition) is 2. The molecule has 0 spiro atoms. The molecule has 0 radical (unpaired) electrons. The minimum Gasteiger partial charge on any atom is -0.348 e. The maximum Gasteiger partial charge on any atom is 0.184 e. The highest BCUT2D eigenvalue weighted by atomic mass is 16.7. The van der Waals surface area contributed by atoms with Gasteiger partial charge in [-0.05, 0) is 5.92 Å². The summed E-state index contributed by atoms with van der Waals surface area (Å²) in [5, 5.41) is 0. The summed E-state index contributed by atoms with van der Waals surface area (Å²) in [5.74, 6) is 1.00. The highest BCUT2D eigenvalue weighted by Crippen LogP contribution is 2.32. The van der Waals surface area contributed by atoms with Crippen LogP contribution in [0.25, 0.3) is 0 Å². The lowest BCUT2D eigenvalue weighted by molar-refractivity contribution is -0.248. The fourth-order valence-corrected chi connectivity index (χ4v) is 2.25. The SMILES string of the molecule is CC(C)[C@@H]1O[C@H](c2ccccc2)OC[C@H]1C. The minimum atomic E-state index is -0.190. The Morgan fingerprint density at radius 1 is 1.19 bits per heavy atom. The maximum absolute atomic E-state index is 6.02. The van der Waals surface area contributed by atoms with Gasteiger partial charge >= 0.3 is 0 Å². The molecule has 0 aliphatic carbocycles. The van der Waals surface area contributed by atoms with E-state index in [1.807, 2.05) is 18.2 Å². The van der Waals surface area contributed by atoms with Gasteiger partial charge < -0.3 is 9.47 Å². The van der Waals surface area contributed by atoms with Crippen LogP contribution in [-0.4, -0.2) is 12.7 Å². The third-order valence-corrected chi connectivity index (χ3v) is 3.08. The molecule has 1 aliphatic rings. The van der Waals surface area contributed by atoms with Crippen molar-refractivity contribution < 1.29 is 9.47 Å². The molecule has 0 bridgehead atoms. The molecule has 2 heteroatoms. The number of ether oxygens (including phenoxy) is 2. The first kappa shape index (κ1) is 11.6. The predicted molar refractivity (Wildman–Crippen MR) is 64.0 cm³/mol. The van der Waals surface area contributed by atoms with Crippen LogP contribution < -0.4 is 0 Å². The van der Waals surface area contributed by atoms with Crippen molar-refractivity contribution >= 4 is 0 Å². The third kappa shape index (κ3) is 2.45. The van der Waals surface area contributed by atoms with E-state index in [2.05, 4.69) is 32.9 Å². The third-order valence-electron chi connectivity index (χ3n) is 3.08. The molecule has 88 valence electrons. The van der Waals surface area contributed by atoms with Crippen LogP contribution in [0.3, 0.4) is 0 Å². The van der Waals surface area contributed by atoms with Crippen LogP contribution in [0.4, 0.5) is 0 Å². The van der Waals surface area contributed by atoms with Crippen LogP contribution in [0.5, 0.6) is 0 Å². The molecule has 0 aromatic heterocycles. The molecule has 1 fully saturated rings. The Morgan fingerprint density at radius 2 is 1.88 bits per heavy atom. The Bertz CT molecular complexity index is 321. The smallest absolute Gasteiger partial charge is 0.184 e. The van der Waals surface area contributed by atoms with Crippen molar-refractivity contribution in [3.63, 3.8) is 0 Å². The summed E-state index contributed by atoms with van der Waals surface area (Å²) < 4.78 is 11.8. The second kappa shape index (κ2) is 4.98. The molecular weight excluding hydrogens is 200 g/mol. The van der Waals surface area contributed by atoms with Crippen molar-refractivity contribution in [3.05, 3.63) is 35.9 Å². The van der Waals surface area contributed by atoms with Crippen molar-refractivity contribution in [1.29, 1.82) is 0 Å². The number of hydrogen-bond donors (Lipinski definition) is 0. The Balaban J connectivity index is 2.09. The molecule has 1 aromatic carbocycles. The van der Waals surface area contributed by atoms with Crippen molar-refractivity contribution in [2.45, 2.75) is 33.2 Å². The van der Waals surface area contributed by atoms with Crippen molar-refractivity contribution in [1.82, 2.24) is 0 Å². The van der Waals surface area contributed by atoms with Gasteiger partial charge in [-0.1, -0.05) is 51.1 Å². The molecule has 2 nitrogen and oxygen atoms in total. The van der Waals surface area contributed by atoms with E-state index >= 15 is 0 Å². The molecule has 3 atom stereocenters. The van der Waals surface area contributed by atoms with Crippen LogP contribution in [0.15, 0.2) is 30.3 Å². The molecule has 1 heterocycles. The van der Waals surface area contributed by atoms with Gasteiger partial charge in [-0.15, -0.1) is 0 Å². The molecule has 0 N–H and O–H groups in total. The quantitative estimate of drug-likeness (QED) is 0.760. The largest absolute Gasteiger partial charge is 0.348 e. The fourth-order valence-electron chi connectivity index (χ4n) is 2.25. The second-order valence-electron chi connectivity index (χ2n) is 4.90. The first-order valence-corrected chi connectivity index (χ1v) is 6.00. The minimum absolute atomic E-state index is 0.190. The first-order valence-electron chi connectivity index (χ1n) is 6.00. The monoisotopic (exact) mass is 220 g/mol. The fraction of sp³-hybridized carbons (Fsp3) is 0.571. The van der Waals surface area contributed by atoms with E-state index < -0.39 is 0 Å². The highest BCUT2D eigenvalue weighted by Gasteiger charge is 2.31. The number of rotatable bonds is 2. The lowest BCUT2D eigenvalue weighted by atomic mass is 9.94. The summed E-state index contributed by atoms with van der Waals surface area (Å²) in [7, 11) is 0. The van der Waals surface area contributed by atoms with E-state index in [-0.39, 0.29) is 6.29 Å². The zero-order valence-corrected chi connectivity index (χ0v) is 10.2.